The van der Waals surface area contributed by atoms with E-state index < -0.39 is 6.10 Å². The SMILES string of the molecule is CC1CCC2(CC(O)c3ccc(Br)cc3O2)C(C)C1. The van der Waals surface area contributed by atoms with Crippen LogP contribution in [0.2, 0.25) is 0 Å². The molecule has 2 nitrogen and oxygen atoms in total. The van der Waals surface area contributed by atoms with Crippen LogP contribution in [0.15, 0.2) is 22.7 Å². The molecular formula is C16H21BrO2. The van der Waals surface area contributed by atoms with Gasteiger partial charge in [-0.3, -0.25) is 0 Å². The Hall–Kier alpha value is -0.540. The van der Waals surface area contributed by atoms with Gasteiger partial charge in [0.2, 0.25) is 0 Å². The first kappa shape index (κ1) is 13.4. The van der Waals surface area contributed by atoms with E-state index in [2.05, 4.69) is 29.8 Å². The first-order valence-corrected chi connectivity index (χ1v) is 7.96. The monoisotopic (exact) mass is 324 g/mol. The zero-order chi connectivity index (χ0) is 13.6. The third-order valence-electron chi connectivity index (χ3n) is 4.90. The quantitative estimate of drug-likeness (QED) is 0.763. The molecule has 3 heteroatoms. The smallest absolute Gasteiger partial charge is 0.127 e. The number of rotatable bonds is 0. The van der Waals surface area contributed by atoms with E-state index in [1.807, 2.05) is 18.2 Å². The van der Waals surface area contributed by atoms with Gasteiger partial charge in [0.15, 0.2) is 0 Å². The molecule has 1 aliphatic carbocycles. The van der Waals surface area contributed by atoms with E-state index in [1.165, 1.54) is 12.8 Å². The molecule has 0 saturated heterocycles. The molecule has 1 aromatic rings. The summed E-state index contributed by atoms with van der Waals surface area (Å²) >= 11 is 3.49. The lowest BCUT2D eigenvalue weighted by atomic mass is 9.68. The molecule has 2 aliphatic rings. The Balaban J connectivity index is 1.95. The lowest BCUT2D eigenvalue weighted by molar-refractivity contribution is -0.0802. The maximum Gasteiger partial charge on any atom is 0.127 e. The molecule has 19 heavy (non-hydrogen) atoms. The standard InChI is InChI=1S/C16H21BrO2/c1-10-5-6-16(11(2)7-10)9-14(18)13-4-3-12(17)8-15(13)19-16/h3-4,8,10-11,14,18H,5-7,9H2,1-2H3. The van der Waals surface area contributed by atoms with Crippen LogP contribution in [0.25, 0.3) is 0 Å². The molecular weight excluding hydrogens is 304 g/mol. The van der Waals surface area contributed by atoms with Crippen LogP contribution in [0.5, 0.6) is 5.75 Å². The number of fused-ring (bicyclic) bond motifs is 1. The van der Waals surface area contributed by atoms with E-state index in [0.717, 1.165) is 34.5 Å². The van der Waals surface area contributed by atoms with Gasteiger partial charge in [-0.25, -0.2) is 0 Å². The van der Waals surface area contributed by atoms with E-state index in [4.69, 9.17) is 4.74 Å². The minimum Gasteiger partial charge on any atom is -0.486 e. The Bertz CT molecular complexity index is 488. The molecule has 0 aromatic heterocycles. The summed E-state index contributed by atoms with van der Waals surface area (Å²) < 4.78 is 7.39. The molecule has 4 atom stereocenters. The molecule has 4 unspecified atom stereocenters. The van der Waals surface area contributed by atoms with Crippen molar-refractivity contribution in [2.24, 2.45) is 11.8 Å². The maximum absolute atomic E-state index is 10.5. The van der Waals surface area contributed by atoms with Crippen molar-refractivity contribution >= 4 is 15.9 Å². The summed E-state index contributed by atoms with van der Waals surface area (Å²) in [6, 6.07) is 5.92. The van der Waals surface area contributed by atoms with Crippen molar-refractivity contribution in [3.05, 3.63) is 28.2 Å². The Morgan fingerprint density at radius 1 is 1.37 bits per heavy atom. The Morgan fingerprint density at radius 3 is 2.89 bits per heavy atom. The number of halogens is 1. The summed E-state index contributed by atoms with van der Waals surface area (Å²) in [6.45, 7) is 4.58. The van der Waals surface area contributed by atoms with Crippen molar-refractivity contribution in [1.82, 2.24) is 0 Å². The van der Waals surface area contributed by atoms with Crippen LogP contribution in [0.1, 0.15) is 51.2 Å². The minimum atomic E-state index is -0.396. The molecule has 3 rings (SSSR count). The molecule has 1 heterocycles. The highest BCUT2D eigenvalue weighted by molar-refractivity contribution is 9.10. The van der Waals surface area contributed by atoms with Crippen molar-refractivity contribution in [2.45, 2.75) is 51.2 Å². The zero-order valence-corrected chi connectivity index (χ0v) is 13.1. The summed E-state index contributed by atoms with van der Waals surface area (Å²) in [6.07, 6.45) is 3.78. The zero-order valence-electron chi connectivity index (χ0n) is 11.5. The van der Waals surface area contributed by atoms with Gasteiger partial charge in [-0.15, -0.1) is 0 Å². The number of aliphatic hydroxyl groups is 1. The second kappa shape index (κ2) is 4.78. The summed E-state index contributed by atoms with van der Waals surface area (Å²) in [4.78, 5) is 0. The van der Waals surface area contributed by atoms with E-state index in [0.29, 0.717) is 5.92 Å². The van der Waals surface area contributed by atoms with Crippen LogP contribution in [0, 0.1) is 11.8 Å². The van der Waals surface area contributed by atoms with Crippen molar-refractivity contribution in [2.75, 3.05) is 0 Å². The van der Waals surface area contributed by atoms with Crippen LogP contribution < -0.4 is 4.74 Å². The predicted molar refractivity (Wildman–Crippen MR) is 79.3 cm³/mol. The van der Waals surface area contributed by atoms with Crippen molar-refractivity contribution < 1.29 is 9.84 Å². The molecule has 0 radical (unpaired) electrons. The molecule has 1 aromatic carbocycles. The van der Waals surface area contributed by atoms with Crippen LogP contribution >= 0.6 is 15.9 Å². The maximum atomic E-state index is 10.5. The lowest BCUT2D eigenvalue weighted by Crippen LogP contribution is -2.49. The van der Waals surface area contributed by atoms with Gasteiger partial charge in [-0.1, -0.05) is 35.8 Å². The Labute approximate surface area is 123 Å². The second-order valence-corrected chi connectivity index (χ2v) is 7.27. The number of ether oxygens (including phenoxy) is 1. The van der Waals surface area contributed by atoms with Crippen LogP contribution in [-0.4, -0.2) is 10.7 Å². The first-order valence-electron chi connectivity index (χ1n) is 7.17. The fourth-order valence-electron chi connectivity index (χ4n) is 3.70. The number of aliphatic hydroxyl groups excluding tert-OH is 1. The highest BCUT2D eigenvalue weighted by Gasteiger charge is 2.47. The van der Waals surface area contributed by atoms with Gasteiger partial charge in [0, 0.05) is 16.5 Å². The average molecular weight is 325 g/mol. The second-order valence-electron chi connectivity index (χ2n) is 6.35. The average Bonchev–Trinajstić information content (AvgIpc) is 2.34. The van der Waals surface area contributed by atoms with Gasteiger partial charge in [0.1, 0.15) is 11.4 Å². The van der Waals surface area contributed by atoms with Gasteiger partial charge in [-0.05, 0) is 43.2 Å². The fraction of sp³-hybridized carbons (Fsp3) is 0.625. The first-order chi connectivity index (χ1) is 9.00. The van der Waals surface area contributed by atoms with E-state index in [9.17, 15) is 5.11 Å². The van der Waals surface area contributed by atoms with E-state index in [1.54, 1.807) is 0 Å². The van der Waals surface area contributed by atoms with Crippen molar-refractivity contribution in [1.29, 1.82) is 0 Å². The van der Waals surface area contributed by atoms with Crippen molar-refractivity contribution in [3.63, 3.8) is 0 Å². The topological polar surface area (TPSA) is 29.5 Å². The molecule has 1 saturated carbocycles. The fourth-order valence-corrected chi connectivity index (χ4v) is 4.04. The number of hydrogen-bond donors (Lipinski definition) is 1. The summed E-state index contributed by atoms with van der Waals surface area (Å²) in [7, 11) is 0. The Kier molecular flexibility index (Phi) is 3.38. The highest BCUT2D eigenvalue weighted by atomic mass is 79.9. The summed E-state index contributed by atoms with van der Waals surface area (Å²) in [5, 5.41) is 10.5. The number of hydrogen-bond acceptors (Lipinski definition) is 2. The van der Waals surface area contributed by atoms with E-state index in [-0.39, 0.29) is 5.60 Å². The third kappa shape index (κ3) is 2.31. The molecule has 0 bridgehead atoms. The van der Waals surface area contributed by atoms with Crippen LogP contribution in [0.4, 0.5) is 0 Å². The van der Waals surface area contributed by atoms with Crippen molar-refractivity contribution in [3.8, 4) is 5.75 Å². The number of benzene rings is 1. The molecule has 1 spiro atoms. The third-order valence-corrected chi connectivity index (χ3v) is 5.39. The molecule has 1 fully saturated rings. The van der Waals surface area contributed by atoms with Gasteiger partial charge in [0.25, 0.3) is 0 Å². The normalized spacial score (nSPS) is 37.8. The van der Waals surface area contributed by atoms with Crippen LogP contribution in [-0.2, 0) is 0 Å². The van der Waals surface area contributed by atoms with E-state index >= 15 is 0 Å². The van der Waals surface area contributed by atoms with Gasteiger partial charge in [0.05, 0.1) is 6.10 Å². The summed E-state index contributed by atoms with van der Waals surface area (Å²) in [5.74, 6) is 2.12. The van der Waals surface area contributed by atoms with Gasteiger partial charge >= 0.3 is 0 Å². The Morgan fingerprint density at radius 2 is 2.16 bits per heavy atom. The molecule has 0 amide bonds. The highest BCUT2D eigenvalue weighted by Crippen LogP contribution is 2.50. The van der Waals surface area contributed by atoms with Crippen LogP contribution in [0.3, 0.4) is 0 Å². The lowest BCUT2D eigenvalue weighted by Gasteiger charge is -2.48. The largest absolute Gasteiger partial charge is 0.486 e. The van der Waals surface area contributed by atoms with Gasteiger partial charge in [-0.2, -0.15) is 0 Å². The van der Waals surface area contributed by atoms with Gasteiger partial charge < -0.3 is 9.84 Å². The molecule has 1 N–H and O–H groups in total. The predicted octanol–water partition coefficient (Wildman–Crippen LogP) is 4.46. The molecule has 104 valence electrons. The summed E-state index contributed by atoms with van der Waals surface area (Å²) in [5.41, 5.74) is 0.763. The minimum absolute atomic E-state index is 0.167. The molecule has 1 aliphatic heterocycles.